The van der Waals surface area contributed by atoms with E-state index in [0.717, 1.165) is 6.07 Å². The van der Waals surface area contributed by atoms with Gasteiger partial charge in [0, 0.05) is 17.3 Å². The highest BCUT2D eigenvalue weighted by molar-refractivity contribution is 6.42. The number of hydrogen-bond acceptors (Lipinski definition) is 6. The Bertz CT molecular complexity index is 1020. The molecule has 0 spiro atoms. The smallest absolute Gasteiger partial charge is 0.454 e. The van der Waals surface area contributed by atoms with E-state index in [1.54, 1.807) is 0 Å². The number of ether oxygens (including phenoxy) is 3. The van der Waals surface area contributed by atoms with E-state index in [2.05, 4.69) is 20.1 Å². The molecule has 0 aromatic heterocycles. The minimum absolute atomic E-state index is 0.129. The van der Waals surface area contributed by atoms with Gasteiger partial charge in [-0.15, -0.1) is 8.78 Å². The maximum atomic E-state index is 13.0. The second-order valence-electron chi connectivity index (χ2n) is 5.85. The molecule has 0 saturated heterocycles. The molecule has 0 radical (unpaired) electrons. The second-order valence-corrected chi connectivity index (χ2v) is 6.66. The normalized spacial score (nSPS) is 13.5. The molecule has 3 rings (SSSR count). The molecule has 0 atom stereocenters. The summed E-state index contributed by atoms with van der Waals surface area (Å²) >= 11 is 11.6. The number of carbonyl (C=O) groups is 3. The molecule has 0 bridgehead atoms. The van der Waals surface area contributed by atoms with E-state index >= 15 is 0 Å². The van der Waals surface area contributed by atoms with Crippen molar-refractivity contribution in [2.45, 2.75) is 6.29 Å². The zero-order valence-electron chi connectivity index (χ0n) is 14.8. The highest BCUT2D eigenvalue weighted by Crippen LogP contribution is 2.42. The minimum atomic E-state index is -3.78. The van der Waals surface area contributed by atoms with Gasteiger partial charge in [0.2, 0.25) is 0 Å². The molecule has 2 amide bonds. The number of fused-ring (bicyclic) bond motifs is 1. The number of rotatable bonds is 6. The van der Waals surface area contributed by atoms with Crippen LogP contribution in [-0.4, -0.2) is 37.2 Å². The molecule has 1 heterocycles. The molecule has 2 aromatic rings. The summed E-state index contributed by atoms with van der Waals surface area (Å²) in [4.78, 5) is 35.5. The van der Waals surface area contributed by atoms with Gasteiger partial charge in [-0.25, -0.2) is 0 Å². The van der Waals surface area contributed by atoms with Gasteiger partial charge in [0.1, 0.15) is 6.54 Å². The average molecular weight is 461 g/mol. The number of halogens is 4. The molecule has 0 saturated carbocycles. The summed E-state index contributed by atoms with van der Waals surface area (Å²) in [6.45, 7) is -1.16. The Hall–Kier alpha value is -3.11. The van der Waals surface area contributed by atoms with Crippen LogP contribution in [0.25, 0.3) is 0 Å². The number of esters is 1. The molecule has 0 fully saturated rings. The van der Waals surface area contributed by atoms with Crippen molar-refractivity contribution in [1.82, 2.24) is 5.32 Å². The van der Waals surface area contributed by atoms with Gasteiger partial charge in [0.05, 0.1) is 10.0 Å². The van der Waals surface area contributed by atoms with Crippen LogP contribution in [0.3, 0.4) is 0 Å². The van der Waals surface area contributed by atoms with Crippen LogP contribution in [0.4, 0.5) is 14.5 Å². The number of hydrogen-bond donors (Lipinski definition) is 2. The lowest BCUT2D eigenvalue weighted by Gasteiger charge is -2.08. The third-order valence-electron chi connectivity index (χ3n) is 3.62. The SMILES string of the molecule is O=C(COC(=O)CNC(=O)c1ccc(Cl)c(Cl)c1)Nc1ccc2c(c1)OC(F)(F)O2. The van der Waals surface area contributed by atoms with Crippen molar-refractivity contribution in [2.75, 3.05) is 18.5 Å². The van der Waals surface area contributed by atoms with Crippen molar-refractivity contribution in [3.63, 3.8) is 0 Å². The van der Waals surface area contributed by atoms with Gasteiger partial charge in [-0.2, -0.15) is 0 Å². The highest BCUT2D eigenvalue weighted by Gasteiger charge is 2.43. The Morgan fingerprint density at radius 3 is 2.47 bits per heavy atom. The van der Waals surface area contributed by atoms with Crippen LogP contribution in [0, 0.1) is 0 Å². The molecule has 0 unspecified atom stereocenters. The van der Waals surface area contributed by atoms with Crippen molar-refractivity contribution in [3.05, 3.63) is 52.0 Å². The first-order chi connectivity index (χ1) is 14.1. The maximum Gasteiger partial charge on any atom is 0.586 e. The van der Waals surface area contributed by atoms with Gasteiger partial charge in [-0.1, -0.05) is 23.2 Å². The predicted molar refractivity (Wildman–Crippen MR) is 101 cm³/mol. The van der Waals surface area contributed by atoms with Crippen molar-refractivity contribution in [2.24, 2.45) is 0 Å². The molecular weight excluding hydrogens is 449 g/mol. The van der Waals surface area contributed by atoms with Crippen LogP contribution in [0.1, 0.15) is 10.4 Å². The molecule has 12 heteroatoms. The van der Waals surface area contributed by atoms with Crippen LogP contribution in [0.15, 0.2) is 36.4 Å². The van der Waals surface area contributed by atoms with Crippen LogP contribution >= 0.6 is 23.2 Å². The summed E-state index contributed by atoms with van der Waals surface area (Å²) in [5, 5.41) is 5.10. The van der Waals surface area contributed by atoms with Gasteiger partial charge < -0.3 is 24.8 Å². The Morgan fingerprint density at radius 2 is 1.73 bits per heavy atom. The monoisotopic (exact) mass is 460 g/mol. The molecule has 8 nitrogen and oxygen atoms in total. The zero-order valence-corrected chi connectivity index (χ0v) is 16.4. The van der Waals surface area contributed by atoms with Gasteiger partial charge in [-0.05, 0) is 30.3 Å². The predicted octanol–water partition coefficient (Wildman–Crippen LogP) is 3.23. The summed E-state index contributed by atoms with van der Waals surface area (Å²) in [6, 6.07) is 7.81. The molecular formula is C18H12Cl2F2N2O6. The third kappa shape index (κ3) is 5.49. The number of alkyl halides is 2. The first-order valence-corrected chi connectivity index (χ1v) is 8.97. The average Bonchev–Trinajstić information content (AvgIpc) is 2.99. The van der Waals surface area contributed by atoms with Crippen molar-refractivity contribution >= 4 is 46.7 Å². The second kappa shape index (κ2) is 8.72. The Labute approximate surface area is 178 Å². The summed E-state index contributed by atoms with van der Waals surface area (Å²) in [5.41, 5.74) is 0.312. The number of nitrogens with one attached hydrogen (secondary N) is 2. The van der Waals surface area contributed by atoms with Crippen LogP contribution in [-0.2, 0) is 14.3 Å². The van der Waals surface area contributed by atoms with Gasteiger partial charge in [0.15, 0.2) is 18.1 Å². The molecule has 1 aliphatic rings. The van der Waals surface area contributed by atoms with E-state index in [0.29, 0.717) is 0 Å². The van der Waals surface area contributed by atoms with Crippen molar-refractivity contribution in [3.8, 4) is 11.5 Å². The van der Waals surface area contributed by atoms with E-state index in [1.165, 1.54) is 30.3 Å². The summed E-state index contributed by atoms with van der Waals surface area (Å²) in [7, 11) is 0. The largest absolute Gasteiger partial charge is 0.586 e. The lowest BCUT2D eigenvalue weighted by atomic mass is 10.2. The number of carbonyl (C=O) groups excluding carboxylic acids is 3. The fraction of sp³-hybridized carbons (Fsp3) is 0.167. The Balaban J connectivity index is 1.43. The molecule has 2 N–H and O–H groups in total. The first-order valence-electron chi connectivity index (χ1n) is 8.21. The van der Waals surface area contributed by atoms with E-state index in [4.69, 9.17) is 27.9 Å². The fourth-order valence-corrected chi connectivity index (χ4v) is 2.61. The standard InChI is InChI=1S/C18H12Cl2F2N2O6/c19-11-3-1-9(5-12(11)20)17(27)23-7-16(26)28-8-15(25)24-10-2-4-13-14(6-10)30-18(21,22)29-13/h1-6H,7-8H2,(H,23,27)(H,24,25). The topological polar surface area (TPSA) is 103 Å². The third-order valence-corrected chi connectivity index (χ3v) is 4.36. The Morgan fingerprint density at radius 1 is 1.00 bits per heavy atom. The molecule has 0 aliphatic carbocycles. The van der Waals surface area contributed by atoms with Crippen LogP contribution in [0.5, 0.6) is 11.5 Å². The lowest BCUT2D eigenvalue weighted by Crippen LogP contribution is -2.32. The highest BCUT2D eigenvalue weighted by atomic mass is 35.5. The van der Waals surface area contributed by atoms with Crippen molar-refractivity contribution < 1.29 is 37.4 Å². The zero-order chi connectivity index (χ0) is 21.9. The van der Waals surface area contributed by atoms with Crippen LogP contribution < -0.4 is 20.1 Å². The summed E-state index contributed by atoms with van der Waals surface area (Å²) in [5.74, 6) is -2.62. The van der Waals surface area contributed by atoms with Gasteiger partial charge in [0.25, 0.3) is 11.8 Å². The summed E-state index contributed by atoms with van der Waals surface area (Å²) < 4.78 is 39.2. The Kier molecular flexibility index (Phi) is 6.28. The van der Waals surface area contributed by atoms with E-state index in [9.17, 15) is 23.2 Å². The summed E-state index contributed by atoms with van der Waals surface area (Å²) in [6.07, 6.45) is -3.78. The molecule has 1 aliphatic heterocycles. The fourth-order valence-electron chi connectivity index (χ4n) is 2.31. The number of amides is 2. The van der Waals surface area contributed by atoms with E-state index < -0.39 is 37.2 Å². The van der Waals surface area contributed by atoms with Crippen molar-refractivity contribution in [1.29, 1.82) is 0 Å². The van der Waals surface area contributed by atoms with E-state index in [1.807, 2.05) is 0 Å². The van der Waals surface area contributed by atoms with Gasteiger partial charge >= 0.3 is 12.3 Å². The number of anilines is 1. The van der Waals surface area contributed by atoms with E-state index in [-0.39, 0.29) is 32.8 Å². The molecule has 30 heavy (non-hydrogen) atoms. The number of benzene rings is 2. The first kappa shape index (κ1) is 21.6. The minimum Gasteiger partial charge on any atom is -0.454 e. The van der Waals surface area contributed by atoms with Gasteiger partial charge in [-0.3, -0.25) is 14.4 Å². The van der Waals surface area contributed by atoms with Crippen LogP contribution in [0.2, 0.25) is 10.0 Å². The quantitative estimate of drug-likeness (QED) is 0.641. The molecule has 2 aromatic carbocycles. The molecule has 158 valence electrons. The maximum absolute atomic E-state index is 13.0. The lowest BCUT2D eigenvalue weighted by molar-refractivity contribution is -0.286.